The van der Waals surface area contributed by atoms with Gasteiger partial charge in [0.15, 0.2) is 5.65 Å². The summed E-state index contributed by atoms with van der Waals surface area (Å²) in [7, 11) is 0. The molecular formula is C31H34N4O4S. The lowest BCUT2D eigenvalue weighted by Crippen LogP contribution is -2.47. The van der Waals surface area contributed by atoms with Gasteiger partial charge in [0.25, 0.3) is 0 Å². The second kappa shape index (κ2) is 11.1. The van der Waals surface area contributed by atoms with Crippen molar-refractivity contribution >= 4 is 34.5 Å². The van der Waals surface area contributed by atoms with E-state index in [1.807, 2.05) is 48.7 Å². The first-order chi connectivity index (χ1) is 19.4. The number of carbonyl (C=O) groups excluding carboxylic acids is 1. The van der Waals surface area contributed by atoms with Gasteiger partial charge in [0, 0.05) is 40.9 Å². The van der Waals surface area contributed by atoms with Gasteiger partial charge in [0.1, 0.15) is 4.88 Å². The van der Waals surface area contributed by atoms with Crippen LogP contribution in [0.15, 0.2) is 54.9 Å². The molecule has 0 atom stereocenters. The fraction of sp³-hybridized carbons (Fsp3) is 0.419. The zero-order valence-corrected chi connectivity index (χ0v) is 23.4. The Balaban J connectivity index is 1.34. The summed E-state index contributed by atoms with van der Waals surface area (Å²) in [5.41, 5.74) is 3.90. The second-order valence-corrected chi connectivity index (χ2v) is 12.3. The molecule has 0 bridgehead atoms. The van der Waals surface area contributed by atoms with E-state index in [1.165, 1.54) is 11.3 Å². The first kappa shape index (κ1) is 26.7. The number of nitrogens with zero attached hydrogens (tertiary/aromatic N) is 4. The second-order valence-electron chi connectivity index (χ2n) is 11.3. The molecule has 8 nitrogen and oxygen atoms in total. The molecule has 0 spiro atoms. The highest BCUT2D eigenvalue weighted by Gasteiger charge is 2.37. The van der Waals surface area contributed by atoms with Crippen LogP contribution in [0.3, 0.4) is 0 Å². The molecule has 208 valence electrons. The van der Waals surface area contributed by atoms with E-state index >= 15 is 0 Å². The molecule has 2 aliphatic carbocycles. The Kier molecular flexibility index (Phi) is 7.42. The smallest absolute Gasteiger partial charge is 0.348 e. The van der Waals surface area contributed by atoms with E-state index < -0.39 is 5.97 Å². The molecule has 0 radical (unpaired) electrons. The minimum absolute atomic E-state index is 0.0379. The highest BCUT2D eigenvalue weighted by atomic mass is 32.1. The van der Waals surface area contributed by atoms with E-state index in [-0.39, 0.29) is 28.8 Å². The summed E-state index contributed by atoms with van der Waals surface area (Å²) in [6.07, 6.45) is 9.52. The number of benzene rings is 1. The van der Waals surface area contributed by atoms with Gasteiger partial charge in [0.2, 0.25) is 5.91 Å². The zero-order valence-electron chi connectivity index (χ0n) is 22.6. The summed E-state index contributed by atoms with van der Waals surface area (Å²) in [5, 5.41) is 24.9. The van der Waals surface area contributed by atoms with Gasteiger partial charge in [-0.1, -0.05) is 31.2 Å². The number of aliphatic hydroxyl groups is 1. The number of amides is 1. The highest BCUT2D eigenvalue weighted by Crippen LogP contribution is 2.42. The molecule has 0 unspecified atom stereocenters. The van der Waals surface area contributed by atoms with Crippen LogP contribution >= 0.6 is 11.3 Å². The monoisotopic (exact) mass is 558 g/mol. The van der Waals surface area contributed by atoms with Crippen LogP contribution < -0.4 is 4.90 Å². The average Bonchev–Trinajstić information content (AvgIpc) is 3.60. The number of aromatic nitrogens is 3. The molecule has 4 aromatic rings. The molecule has 3 heterocycles. The number of carboxylic acid groups (broad SMARTS) is 1. The summed E-state index contributed by atoms with van der Waals surface area (Å²) in [5.74, 6) is -0.460. The van der Waals surface area contributed by atoms with Crippen LogP contribution in [0.25, 0.3) is 27.3 Å². The van der Waals surface area contributed by atoms with E-state index in [0.717, 1.165) is 53.0 Å². The summed E-state index contributed by atoms with van der Waals surface area (Å²) in [6, 6.07) is 13.4. The fourth-order valence-electron chi connectivity index (χ4n) is 6.15. The van der Waals surface area contributed by atoms with E-state index in [1.54, 1.807) is 15.6 Å². The van der Waals surface area contributed by atoms with Gasteiger partial charge >= 0.3 is 5.97 Å². The molecule has 0 saturated heterocycles. The minimum Gasteiger partial charge on any atom is -0.477 e. The van der Waals surface area contributed by atoms with Crippen molar-refractivity contribution in [1.29, 1.82) is 0 Å². The maximum Gasteiger partial charge on any atom is 0.348 e. The molecule has 6 rings (SSSR count). The quantitative estimate of drug-likeness (QED) is 0.288. The number of carboxylic acids is 1. The van der Waals surface area contributed by atoms with Crippen molar-refractivity contribution in [3.05, 3.63) is 59.7 Å². The van der Waals surface area contributed by atoms with Crippen LogP contribution in [0, 0.1) is 11.8 Å². The molecule has 0 aliphatic heterocycles. The van der Waals surface area contributed by atoms with Crippen molar-refractivity contribution in [2.75, 3.05) is 4.90 Å². The number of aliphatic hydroxyl groups excluding tert-OH is 1. The number of hydrogen-bond donors (Lipinski definition) is 2. The standard InChI is InChI=1S/C31H34N4O4S/c1-19-3-5-22(6-4-19)30(37)35(23-11-13-24(36)14-12-23)26-18-27(40-29(26)31(38)39)21-9-7-20(8-10-21)25-17-28-32-15-2-16-34(28)33-25/h2,7-10,15-19,22-24,36H,3-6,11-14H2,1H3,(H,38,39)/t19-,22-,23?,24?. The van der Waals surface area contributed by atoms with Crippen LogP contribution in [-0.4, -0.2) is 48.8 Å². The van der Waals surface area contributed by atoms with E-state index in [9.17, 15) is 19.8 Å². The van der Waals surface area contributed by atoms with Gasteiger partial charge in [0.05, 0.1) is 17.5 Å². The Morgan fingerprint density at radius 2 is 1.68 bits per heavy atom. The van der Waals surface area contributed by atoms with Gasteiger partial charge in [-0.2, -0.15) is 5.10 Å². The molecule has 1 amide bonds. The summed E-state index contributed by atoms with van der Waals surface area (Å²) in [4.78, 5) is 33.7. The predicted octanol–water partition coefficient (Wildman–Crippen LogP) is 6.29. The third-order valence-corrected chi connectivity index (χ3v) is 9.66. The van der Waals surface area contributed by atoms with Crippen molar-refractivity contribution in [1.82, 2.24) is 14.6 Å². The molecule has 40 heavy (non-hydrogen) atoms. The third-order valence-electron chi connectivity index (χ3n) is 8.50. The van der Waals surface area contributed by atoms with Crippen LogP contribution in [0.4, 0.5) is 5.69 Å². The average molecular weight is 559 g/mol. The van der Waals surface area contributed by atoms with Crippen molar-refractivity contribution in [2.24, 2.45) is 11.8 Å². The largest absolute Gasteiger partial charge is 0.477 e. The maximum absolute atomic E-state index is 14.0. The van der Waals surface area contributed by atoms with Crippen molar-refractivity contribution in [3.8, 4) is 21.7 Å². The Morgan fingerprint density at radius 3 is 2.35 bits per heavy atom. The zero-order chi connectivity index (χ0) is 27.8. The topological polar surface area (TPSA) is 108 Å². The number of thiophene rings is 1. The predicted molar refractivity (Wildman–Crippen MR) is 156 cm³/mol. The Labute approximate surface area is 237 Å². The molecule has 9 heteroatoms. The first-order valence-electron chi connectivity index (χ1n) is 14.2. The summed E-state index contributed by atoms with van der Waals surface area (Å²) < 4.78 is 1.73. The SMILES string of the molecule is C[C@H]1CC[C@H](C(=O)N(c2cc(-c3ccc(-c4cc5ncccn5n4)cc3)sc2C(=O)O)C2CCC(O)CC2)CC1. The van der Waals surface area contributed by atoms with E-state index in [4.69, 9.17) is 0 Å². The first-order valence-corrected chi connectivity index (χ1v) is 15.0. The molecule has 2 saturated carbocycles. The van der Waals surface area contributed by atoms with Gasteiger partial charge in [-0.05, 0) is 75.0 Å². The molecule has 2 fully saturated rings. The van der Waals surface area contributed by atoms with Gasteiger partial charge in [-0.25, -0.2) is 14.3 Å². The number of carbonyl (C=O) groups is 2. The normalized spacial score (nSPS) is 23.2. The summed E-state index contributed by atoms with van der Waals surface area (Å²) >= 11 is 1.21. The molecule has 1 aromatic carbocycles. The van der Waals surface area contributed by atoms with Crippen LogP contribution in [0.1, 0.15) is 68.0 Å². The number of fused-ring (bicyclic) bond motifs is 1. The van der Waals surface area contributed by atoms with Crippen molar-refractivity contribution in [2.45, 2.75) is 70.4 Å². The fourth-order valence-corrected chi connectivity index (χ4v) is 7.14. The van der Waals surface area contributed by atoms with Crippen LogP contribution in [0.5, 0.6) is 0 Å². The van der Waals surface area contributed by atoms with Gasteiger partial charge < -0.3 is 15.1 Å². The lowest BCUT2D eigenvalue weighted by Gasteiger charge is -2.38. The lowest BCUT2D eigenvalue weighted by molar-refractivity contribution is -0.124. The number of rotatable bonds is 6. The Hall–Kier alpha value is -3.56. The highest BCUT2D eigenvalue weighted by molar-refractivity contribution is 7.18. The Bertz CT molecular complexity index is 1480. The number of anilines is 1. The minimum atomic E-state index is -1.02. The molecular weight excluding hydrogens is 524 g/mol. The molecule has 3 aromatic heterocycles. The lowest BCUT2D eigenvalue weighted by atomic mass is 9.81. The van der Waals surface area contributed by atoms with Gasteiger partial charge in [-0.15, -0.1) is 11.3 Å². The number of hydrogen-bond acceptors (Lipinski definition) is 6. The molecule has 2 aliphatic rings. The van der Waals surface area contributed by atoms with Gasteiger partial charge in [-0.3, -0.25) is 4.79 Å². The number of aromatic carboxylic acids is 1. The molecule has 2 N–H and O–H groups in total. The van der Waals surface area contributed by atoms with E-state index in [0.29, 0.717) is 37.3 Å². The third kappa shape index (κ3) is 5.28. The van der Waals surface area contributed by atoms with Crippen molar-refractivity contribution < 1.29 is 19.8 Å². The maximum atomic E-state index is 14.0. The Morgan fingerprint density at radius 1 is 0.975 bits per heavy atom. The van der Waals surface area contributed by atoms with Crippen molar-refractivity contribution in [3.63, 3.8) is 0 Å². The van der Waals surface area contributed by atoms with Crippen LogP contribution in [-0.2, 0) is 4.79 Å². The summed E-state index contributed by atoms with van der Waals surface area (Å²) in [6.45, 7) is 2.23. The van der Waals surface area contributed by atoms with Crippen LogP contribution in [0.2, 0.25) is 0 Å². The van der Waals surface area contributed by atoms with E-state index in [2.05, 4.69) is 17.0 Å².